The molecular weight excluding hydrogens is 300 g/mol. The Morgan fingerprint density at radius 2 is 1.75 bits per heavy atom. The molecule has 0 radical (unpaired) electrons. The third-order valence-corrected chi connectivity index (χ3v) is 4.61. The fourth-order valence-electron chi connectivity index (χ4n) is 3.31. The average Bonchev–Trinajstić information content (AvgIpc) is 2.54. The molecule has 0 saturated heterocycles. The second-order valence-electron chi connectivity index (χ2n) is 7.77. The van der Waals surface area contributed by atoms with Crippen LogP contribution >= 0.6 is 0 Å². The predicted octanol–water partition coefficient (Wildman–Crippen LogP) is 3.36. The van der Waals surface area contributed by atoms with Gasteiger partial charge in [0.15, 0.2) is 0 Å². The second kappa shape index (κ2) is 8.63. The molecule has 1 aromatic rings. The molecule has 1 saturated carbocycles. The Labute approximate surface area is 146 Å². The van der Waals surface area contributed by atoms with Crippen molar-refractivity contribution < 1.29 is 9.53 Å². The molecule has 0 aliphatic heterocycles. The molecule has 0 unspecified atom stereocenters. The second-order valence-corrected chi connectivity index (χ2v) is 7.77. The molecule has 4 heteroatoms. The molecular formula is C20H32N2O2. The SMILES string of the molecule is CN[C@H]1CC[C@H](c2ccc(CNCC(=O)OC(C)(C)C)cc2)CC1. The zero-order chi connectivity index (χ0) is 17.6. The Morgan fingerprint density at radius 1 is 1.12 bits per heavy atom. The first-order chi connectivity index (χ1) is 11.4. The van der Waals surface area contributed by atoms with E-state index in [9.17, 15) is 4.79 Å². The van der Waals surface area contributed by atoms with Crippen LogP contribution in [0.4, 0.5) is 0 Å². The van der Waals surface area contributed by atoms with Crippen LogP contribution in [-0.2, 0) is 16.1 Å². The summed E-state index contributed by atoms with van der Waals surface area (Å²) in [5, 5.41) is 6.54. The minimum absolute atomic E-state index is 0.208. The van der Waals surface area contributed by atoms with E-state index in [1.807, 2.05) is 20.8 Å². The number of carbonyl (C=O) groups is 1. The molecule has 1 aromatic carbocycles. The van der Waals surface area contributed by atoms with E-state index in [0.717, 1.165) is 0 Å². The largest absolute Gasteiger partial charge is 0.459 e. The summed E-state index contributed by atoms with van der Waals surface area (Å²) in [6.45, 7) is 6.58. The standard InChI is InChI=1S/C20H32N2O2/c1-20(2,3)24-19(23)14-22-13-15-5-7-16(8-6-15)17-9-11-18(21-4)12-10-17/h5-8,17-18,21-22H,9-14H2,1-4H3/t17-,18-. The molecule has 134 valence electrons. The third kappa shape index (κ3) is 6.25. The maximum atomic E-state index is 11.7. The van der Waals surface area contributed by atoms with Crippen LogP contribution in [-0.4, -0.2) is 31.2 Å². The van der Waals surface area contributed by atoms with E-state index >= 15 is 0 Å². The van der Waals surface area contributed by atoms with Crippen molar-refractivity contribution in [2.75, 3.05) is 13.6 Å². The molecule has 2 rings (SSSR count). The highest BCUT2D eigenvalue weighted by molar-refractivity contribution is 5.72. The number of esters is 1. The van der Waals surface area contributed by atoms with Crippen molar-refractivity contribution in [3.63, 3.8) is 0 Å². The van der Waals surface area contributed by atoms with Gasteiger partial charge < -0.3 is 15.4 Å². The Morgan fingerprint density at radius 3 is 2.29 bits per heavy atom. The highest BCUT2D eigenvalue weighted by atomic mass is 16.6. The van der Waals surface area contributed by atoms with Crippen molar-refractivity contribution in [2.45, 2.75) is 70.6 Å². The Bertz CT molecular complexity index is 511. The lowest BCUT2D eigenvalue weighted by Gasteiger charge is -2.28. The Kier molecular flexibility index (Phi) is 6.81. The summed E-state index contributed by atoms with van der Waals surface area (Å²) in [6.07, 6.45) is 5.06. The summed E-state index contributed by atoms with van der Waals surface area (Å²) in [6, 6.07) is 9.52. The highest BCUT2D eigenvalue weighted by Crippen LogP contribution is 2.32. The van der Waals surface area contributed by atoms with Gasteiger partial charge in [-0.25, -0.2) is 0 Å². The molecule has 1 aliphatic rings. The number of ether oxygens (including phenoxy) is 1. The van der Waals surface area contributed by atoms with Gasteiger partial charge in [-0.3, -0.25) is 4.79 Å². The van der Waals surface area contributed by atoms with Crippen LogP contribution in [0.5, 0.6) is 0 Å². The minimum atomic E-state index is -0.424. The normalized spacial score (nSPS) is 21.5. The van der Waals surface area contributed by atoms with Gasteiger partial charge in [-0.15, -0.1) is 0 Å². The smallest absolute Gasteiger partial charge is 0.320 e. The minimum Gasteiger partial charge on any atom is -0.459 e. The van der Waals surface area contributed by atoms with Crippen LogP contribution in [0.2, 0.25) is 0 Å². The Hall–Kier alpha value is -1.39. The van der Waals surface area contributed by atoms with E-state index < -0.39 is 5.60 Å². The van der Waals surface area contributed by atoms with Crippen LogP contribution < -0.4 is 10.6 Å². The van der Waals surface area contributed by atoms with Crippen LogP contribution in [0.3, 0.4) is 0 Å². The predicted molar refractivity (Wildman–Crippen MR) is 98.1 cm³/mol. The molecule has 2 N–H and O–H groups in total. The first kappa shape index (κ1) is 18.9. The average molecular weight is 332 g/mol. The highest BCUT2D eigenvalue weighted by Gasteiger charge is 2.21. The number of benzene rings is 1. The topological polar surface area (TPSA) is 50.4 Å². The summed E-state index contributed by atoms with van der Waals surface area (Å²) in [5.74, 6) is 0.485. The zero-order valence-corrected chi connectivity index (χ0v) is 15.5. The first-order valence-corrected chi connectivity index (χ1v) is 9.06. The van der Waals surface area contributed by atoms with E-state index in [1.165, 1.54) is 36.8 Å². The quantitative estimate of drug-likeness (QED) is 0.784. The van der Waals surface area contributed by atoms with Crippen molar-refractivity contribution in [1.82, 2.24) is 10.6 Å². The van der Waals surface area contributed by atoms with Crippen molar-refractivity contribution in [3.05, 3.63) is 35.4 Å². The summed E-state index contributed by atoms with van der Waals surface area (Å²) < 4.78 is 5.29. The van der Waals surface area contributed by atoms with Gasteiger partial charge in [-0.05, 0) is 70.5 Å². The van der Waals surface area contributed by atoms with E-state index in [1.54, 1.807) is 0 Å². The molecule has 4 nitrogen and oxygen atoms in total. The van der Waals surface area contributed by atoms with Gasteiger partial charge in [0.05, 0.1) is 6.54 Å². The number of nitrogens with one attached hydrogen (secondary N) is 2. The third-order valence-electron chi connectivity index (χ3n) is 4.61. The van der Waals surface area contributed by atoms with Gasteiger partial charge in [0, 0.05) is 12.6 Å². The maximum Gasteiger partial charge on any atom is 0.320 e. The molecule has 0 spiro atoms. The van der Waals surface area contributed by atoms with E-state index in [4.69, 9.17) is 4.74 Å². The molecule has 0 atom stereocenters. The van der Waals surface area contributed by atoms with Crippen LogP contribution in [0.25, 0.3) is 0 Å². The molecule has 24 heavy (non-hydrogen) atoms. The van der Waals surface area contributed by atoms with Gasteiger partial charge >= 0.3 is 5.97 Å². The number of hydrogen-bond acceptors (Lipinski definition) is 4. The Balaban J connectivity index is 1.75. The van der Waals surface area contributed by atoms with Gasteiger partial charge in [0.25, 0.3) is 0 Å². The molecule has 0 amide bonds. The van der Waals surface area contributed by atoms with Crippen molar-refractivity contribution in [1.29, 1.82) is 0 Å². The zero-order valence-electron chi connectivity index (χ0n) is 15.5. The molecule has 0 bridgehead atoms. The summed E-state index contributed by atoms with van der Waals surface area (Å²) in [5.41, 5.74) is 2.22. The number of hydrogen-bond donors (Lipinski definition) is 2. The van der Waals surface area contributed by atoms with Gasteiger partial charge in [0.1, 0.15) is 5.60 Å². The van der Waals surface area contributed by atoms with Gasteiger partial charge in [-0.2, -0.15) is 0 Å². The van der Waals surface area contributed by atoms with Crippen LogP contribution in [0.15, 0.2) is 24.3 Å². The van der Waals surface area contributed by atoms with Crippen molar-refractivity contribution in [2.24, 2.45) is 0 Å². The van der Waals surface area contributed by atoms with Crippen molar-refractivity contribution >= 4 is 5.97 Å². The van der Waals surface area contributed by atoms with Gasteiger partial charge in [-0.1, -0.05) is 24.3 Å². The number of carbonyl (C=O) groups excluding carboxylic acids is 1. The molecule has 0 aromatic heterocycles. The summed E-state index contributed by atoms with van der Waals surface area (Å²) >= 11 is 0. The molecule has 0 heterocycles. The molecule has 1 fully saturated rings. The van der Waals surface area contributed by atoms with Crippen LogP contribution in [0.1, 0.15) is 63.5 Å². The molecule has 1 aliphatic carbocycles. The maximum absolute atomic E-state index is 11.7. The fraction of sp³-hybridized carbons (Fsp3) is 0.650. The lowest BCUT2D eigenvalue weighted by atomic mass is 9.81. The lowest BCUT2D eigenvalue weighted by Crippen LogP contribution is -2.31. The lowest BCUT2D eigenvalue weighted by molar-refractivity contribution is -0.153. The monoisotopic (exact) mass is 332 g/mol. The summed E-state index contributed by atoms with van der Waals surface area (Å²) in [7, 11) is 2.06. The van der Waals surface area contributed by atoms with E-state index in [2.05, 4.69) is 41.9 Å². The van der Waals surface area contributed by atoms with Crippen LogP contribution in [0, 0.1) is 0 Å². The van der Waals surface area contributed by atoms with Crippen molar-refractivity contribution in [3.8, 4) is 0 Å². The fourth-order valence-corrected chi connectivity index (χ4v) is 3.31. The first-order valence-electron chi connectivity index (χ1n) is 9.06. The van der Waals surface area contributed by atoms with E-state index in [0.29, 0.717) is 18.5 Å². The van der Waals surface area contributed by atoms with Gasteiger partial charge in [0.2, 0.25) is 0 Å². The summed E-state index contributed by atoms with van der Waals surface area (Å²) in [4.78, 5) is 11.7. The number of rotatable bonds is 6. The van der Waals surface area contributed by atoms with E-state index in [-0.39, 0.29) is 12.5 Å².